The van der Waals surface area contributed by atoms with Gasteiger partial charge in [-0.2, -0.15) is 0 Å². The first-order chi connectivity index (χ1) is 8.56. The molecule has 0 fully saturated rings. The normalized spacial score (nSPS) is 14.3. The molecule has 0 amide bonds. The molecule has 100 valence electrons. The van der Waals surface area contributed by atoms with Crippen molar-refractivity contribution in [2.45, 2.75) is 30.4 Å². The van der Waals surface area contributed by atoms with Crippen molar-refractivity contribution in [2.75, 3.05) is 6.26 Å². The first-order valence-corrected chi connectivity index (χ1v) is 7.86. The van der Waals surface area contributed by atoms with Gasteiger partial charge in [-0.1, -0.05) is 44.2 Å². The van der Waals surface area contributed by atoms with E-state index in [-0.39, 0.29) is 11.2 Å². The van der Waals surface area contributed by atoms with Gasteiger partial charge in [0, 0.05) is 6.26 Å². The molecule has 0 aliphatic rings. The van der Waals surface area contributed by atoms with Crippen LogP contribution in [0.1, 0.15) is 24.7 Å². The van der Waals surface area contributed by atoms with Crippen molar-refractivity contribution in [2.24, 2.45) is 5.73 Å². The van der Waals surface area contributed by atoms with Crippen molar-refractivity contribution in [1.82, 2.24) is 0 Å². The summed E-state index contributed by atoms with van der Waals surface area (Å²) < 4.78 is 4.93. The zero-order chi connectivity index (χ0) is 13.5. The number of thioether (sulfide) groups is 1. The van der Waals surface area contributed by atoms with Crippen LogP contribution in [0.4, 0.5) is 0 Å². The monoisotopic (exact) mass is 285 g/mol. The van der Waals surface area contributed by atoms with Gasteiger partial charge in [0.1, 0.15) is 6.04 Å². The molecule has 0 aromatic heterocycles. The first-order valence-electron chi connectivity index (χ1n) is 5.76. The molecule has 3 nitrogen and oxygen atoms in total. The van der Waals surface area contributed by atoms with E-state index in [9.17, 15) is 4.79 Å². The highest BCUT2D eigenvalue weighted by Gasteiger charge is 2.28. The molecule has 0 aliphatic heterocycles. The lowest BCUT2D eigenvalue weighted by Gasteiger charge is -2.23. The molecule has 18 heavy (non-hydrogen) atoms. The van der Waals surface area contributed by atoms with Crippen LogP contribution in [0.15, 0.2) is 30.3 Å². The minimum atomic E-state index is -0.646. The fourth-order valence-electron chi connectivity index (χ4n) is 1.57. The number of rotatable bonds is 6. The third-order valence-electron chi connectivity index (χ3n) is 2.31. The molecule has 0 radical (unpaired) electrons. The molecule has 0 saturated heterocycles. The molecule has 0 saturated carbocycles. The molecule has 1 aromatic carbocycles. The maximum Gasteiger partial charge on any atom is 0.336 e. The lowest BCUT2D eigenvalue weighted by molar-refractivity contribution is -0.134. The highest BCUT2D eigenvalue weighted by atomic mass is 32.2. The van der Waals surface area contributed by atoms with Crippen LogP contribution < -0.4 is 5.73 Å². The van der Waals surface area contributed by atoms with Crippen LogP contribution in [0, 0.1) is 0 Å². The highest BCUT2D eigenvalue weighted by Crippen LogP contribution is 2.34. The topological polar surface area (TPSA) is 52.3 Å². The summed E-state index contributed by atoms with van der Waals surface area (Å²) in [6.45, 7) is 4.18. The first kappa shape index (κ1) is 15.4. The Morgan fingerprint density at radius 2 is 1.89 bits per heavy atom. The molecule has 5 heteroatoms. The standard InChI is InChI=1S/C13H19NO2S2/c1-9(2)18-12(10-7-5-4-6-8-10)11(14)13(15)16-17-3/h4-9,11-12H,14H2,1-3H3. The molecule has 0 heterocycles. The van der Waals surface area contributed by atoms with Crippen molar-refractivity contribution in [3.05, 3.63) is 35.9 Å². The second-order valence-electron chi connectivity index (χ2n) is 4.11. The second kappa shape index (κ2) is 7.71. The van der Waals surface area contributed by atoms with Crippen molar-refractivity contribution in [3.63, 3.8) is 0 Å². The Bertz CT molecular complexity index is 371. The third-order valence-corrected chi connectivity index (χ3v) is 4.04. The fraction of sp³-hybridized carbons (Fsp3) is 0.462. The molecule has 2 atom stereocenters. The maximum absolute atomic E-state index is 11.8. The van der Waals surface area contributed by atoms with Crippen LogP contribution in [-0.2, 0) is 8.98 Å². The molecule has 2 N–H and O–H groups in total. The maximum atomic E-state index is 11.8. The van der Waals surface area contributed by atoms with Gasteiger partial charge in [-0.3, -0.25) is 0 Å². The van der Waals surface area contributed by atoms with E-state index < -0.39 is 6.04 Å². The molecule has 0 aliphatic carbocycles. The molecular formula is C13H19NO2S2. The van der Waals surface area contributed by atoms with Crippen LogP contribution in [0.3, 0.4) is 0 Å². The van der Waals surface area contributed by atoms with Crippen molar-refractivity contribution >= 4 is 29.8 Å². The highest BCUT2D eigenvalue weighted by molar-refractivity contribution is 8.00. The van der Waals surface area contributed by atoms with Gasteiger partial charge in [0.15, 0.2) is 0 Å². The molecule has 0 bridgehead atoms. The summed E-state index contributed by atoms with van der Waals surface area (Å²) >= 11 is 2.71. The average Bonchev–Trinajstić information content (AvgIpc) is 2.36. The fourth-order valence-corrected chi connectivity index (χ4v) is 3.02. The quantitative estimate of drug-likeness (QED) is 0.814. The van der Waals surface area contributed by atoms with Crippen LogP contribution in [0.25, 0.3) is 0 Å². The summed E-state index contributed by atoms with van der Waals surface area (Å²) in [4.78, 5) is 11.8. The summed E-state index contributed by atoms with van der Waals surface area (Å²) in [5.74, 6) is -0.371. The number of hydrogen-bond acceptors (Lipinski definition) is 5. The molecule has 1 rings (SSSR count). The van der Waals surface area contributed by atoms with Crippen LogP contribution in [0.2, 0.25) is 0 Å². The van der Waals surface area contributed by atoms with Gasteiger partial charge < -0.3 is 9.92 Å². The Balaban J connectivity index is 2.88. The van der Waals surface area contributed by atoms with Crippen molar-refractivity contribution in [1.29, 1.82) is 0 Å². The molecular weight excluding hydrogens is 266 g/mol. The Hall–Kier alpha value is -0.650. The SMILES string of the molecule is CSOC(=O)C(N)C(SC(C)C)c1ccccc1. The number of nitrogens with two attached hydrogens (primary N) is 1. The minimum absolute atomic E-state index is 0.0779. The van der Waals surface area contributed by atoms with Gasteiger partial charge in [0.2, 0.25) is 0 Å². The number of hydrogen-bond donors (Lipinski definition) is 1. The van der Waals surface area contributed by atoms with E-state index >= 15 is 0 Å². The van der Waals surface area contributed by atoms with Gasteiger partial charge in [0.25, 0.3) is 0 Å². The van der Waals surface area contributed by atoms with E-state index in [0.29, 0.717) is 5.25 Å². The van der Waals surface area contributed by atoms with E-state index in [0.717, 1.165) is 17.6 Å². The van der Waals surface area contributed by atoms with E-state index in [1.165, 1.54) is 0 Å². The van der Waals surface area contributed by atoms with E-state index in [2.05, 4.69) is 13.8 Å². The third kappa shape index (κ3) is 4.55. The lowest BCUT2D eigenvalue weighted by atomic mass is 10.1. The van der Waals surface area contributed by atoms with Crippen LogP contribution in [0.5, 0.6) is 0 Å². The van der Waals surface area contributed by atoms with Crippen molar-refractivity contribution < 1.29 is 8.98 Å². The van der Waals surface area contributed by atoms with Crippen LogP contribution in [-0.4, -0.2) is 23.5 Å². The van der Waals surface area contributed by atoms with Gasteiger partial charge in [0.05, 0.1) is 17.3 Å². The Morgan fingerprint density at radius 3 is 2.39 bits per heavy atom. The number of carbonyl (C=O) groups is 1. The summed E-state index contributed by atoms with van der Waals surface area (Å²) in [5, 5.41) is 0.314. The van der Waals surface area contributed by atoms with E-state index in [1.807, 2.05) is 30.3 Å². The molecule has 2 unspecified atom stereocenters. The number of carbonyl (C=O) groups excluding carboxylic acids is 1. The van der Waals surface area contributed by atoms with E-state index in [1.54, 1.807) is 18.0 Å². The Labute approximate surface area is 117 Å². The summed E-state index contributed by atoms with van der Waals surface area (Å²) in [6.07, 6.45) is 1.71. The van der Waals surface area contributed by atoms with Gasteiger partial charge in [-0.15, -0.1) is 11.8 Å². The minimum Gasteiger partial charge on any atom is -0.390 e. The summed E-state index contributed by atoms with van der Waals surface area (Å²) in [5.41, 5.74) is 7.08. The van der Waals surface area contributed by atoms with Gasteiger partial charge in [-0.05, 0) is 10.8 Å². The Morgan fingerprint density at radius 1 is 1.28 bits per heavy atom. The Kier molecular flexibility index (Phi) is 6.60. The predicted octanol–water partition coefficient (Wildman–Crippen LogP) is 3.02. The van der Waals surface area contributed by atoms with Gasteiger partial charge in [-0.25, -0.2) is 4.79 Å². The largest absolute Gasteiger partial charge is 0.390 e. The zero-order valence-corrected chi connectivity index (χ0v) is 12.5. The second-order valence-corrected chi connectivity index (χ2v) is 6.33. The lowest BCUT2D eigenvalue weighted by Crippen LogP contribution is -2.36. The van der Waals surface area contributed by atoms with Crippen molar-refractivity contribution in [3.8, 4) is 0 Å². The molecule has 0 spiro atoms. The van der Waals surface area contributed by atoms with Gasteiger partial charge >= 0.3 is 5.97 Å². The predicted molar refractivity (Wildman–Crippen MR) is 79.5 cm³/mol. The number of benzene rings is 1. The molecule has 1 aromatic rings. The smallest absolute Gasteiger partial charge is 0.336 e. The van der Waals surface area contributed by atoms with E-state index in [4.69, 9.17) is 9.92 Å². The summed E-state index contributed by atoms with van der Waals surface area (Å²) in [6, 6.07) is 9.20. The summed E-state index contributed by atoms with van der Waals surface area (Å²) in [7, 11) is 0. The average molecular weight is 285 g/mol. The zero-order valence-electron chi connectivity index (χ0n) is 10.8. The van der Waals surface area contributed by atoms with Crippen LogP contribution >= 0.6 is 23.8 Å².